The summed E-state index contributed by atoms with van der Waals surface area (Å²) in [5.41, 5.74) is 10.5. The Labute approximate surface area is 313 Å². The van der Waals surface area contributed by atoms with Crippen LogP contribution < -0.4 is 19.6 Å². The van der Waals surface area contributed by atoms with E-state index in [1.807, 2.05) is 0 Å². The maximum Gasteiger partial charge on any atom is 0.0546 e. The molecule has 0 spiro atoms. The zero-order valence-corrected chi connectivity index (χ0v) is 31.3. The number of hydrogen-bond acceptors (Lipinski definition) is 4. The van der Waals surface area contributed by atoms with E-state index in [0.29, 0.717) is 0 Å². The van der Waals surface area contributed by atoms with E-state index in [9.17, 15) is 0 Å². The SMILES string of the molecule is CCCc1ccc2c(N(c3ccccc3)c3ccc(N(C)C)cc3)cc3c4ccccc4c(N(c4ccccc4)c4ccc(N(C)C)cc4)cc3c2c1. The normalized spacial score (nSPS) is 11.3. The van der Waals surface area contributed by atoms with E-state index in [4.69, 9.17) is 0 Å². The summed E-state index contributed by atoms with van der Waals surface area (Å²) in [7, 11) is 8.35. The molecule has 0 aromatic heterocycles. The van der Waals surface area contributed by atoms with E-state index in [1.165, 1.54) is 49.3 Å². The highest BCUT2D eigenvalue weighted by molar-refractivity contribution is 6.24. The minimum absolute atomic E-state index is 1.03. The summed E-state index contributed by atoms with van der Waals surface area (Å²) in [4.78, 5) is 9.14. The van der Waals surface area contributed by atoms with Gasteiger partial charge in [-0.1, -0.05) is 92.2 Å². The summed E-state index contributed by atoms with van der Waals surface area (Å²) in [5, 5.41) is 7.40. The lowest BCUT2D eigenvalue weighted by Gasteiger charge is -2.30. The van der Waals surface area contributed by atoms with Crippen molar-refractivity contribution in [1.82, 2.24) is 0 Å². The number of benzene rings is 8. The van der Waals surface area contributed by atoms with Crippen molar-refractivity contribution in [2.45, 2.75) is 19.8 Å². The Morgan fingerprint density at radius 1 is 0.340 bits per heavy atom. The van der Waals surface area contributed by atoms with Gasteiger partial charge < -0.3 is 19.6 Å². The average molecular weight is 691 g/mol. The van der Waals surface area contributed by atoms with Crippen molar-refractivity contribution in [2.24, 2.45) is 0 Å². The van der Waals surface area contributed by atoms with Crippen LogP contribution in [0, 0.1) is 0 Å². The lowest BCUT2D eigenvalue weighted by atomic mass is 9.92. The number of para-hydroxylation sites is 2. The van der Waals surface area contributed by atoms with Gasteiger partial charge in [-0.3, -0.25) is 0 Å². The van der Waals surface area contributed by atoms with Crippen LogP contribution in [0.2, 0.25) is 0 Å². The van der Waals surface area contributed by atoms with E-state index in [-0.39, 0.29) is 0 Å². The van der Waals surface area contributed by atoms with Crippen molar-refractivity contribution < 1.29 is 0 Å². The molecule has 262 valence electrons. The molecule has 0 saturated heterocycles. The van der Waals surface area contributed by atoms with E-state index >= 15 is 0 Å². The van der Waals surface area contributed by atoms with Crippen LogP contribution in [0.15, 0.2) is 164 Å². The summed E-state index contributed by atoms with van der Waals surface area (Å²) in [6.07, 6.45) is 2.13. The van der Waals surface area contributed by atoms with Gasteiger partial charge in [0.05, 0.1) is 11.4 Å². The molecule has 0 radical (unpaired) electrons. The van der Waals surface area contributed by atoms with Gasteiger partial charge in [-0.05, 0) is 118 Å². The Kier molecular flexibility index (Phi) is 9.20. The van der Waals surface area contributed by atoms with Crippen LogP contribution in [0.1, 0.15) is 18.9 Å². The number of nitrogens with zero attached hydrogens (tertiary/aromatic N) is 4. The quantitative estimate of drug-likeness (QED) is 0.132. The second kappa shape index (κ2) is 14.4. The lowest BCUT2D eigenvalue weighted by Crippen LogP contribution is -2.13. The van der Waals surface area contributed by atoms with Crippen LogP contribution in [0.4, 0.5) is 45.5 Å². The van der Waals surface area contributed by atoms with Crippen molar-refractivity contribution in [3.63, 3.8) is 0 Å². The molecule has 0 aliphatic heterocycles. The third-order valence-corrected chi connectivity index (χ3v) is 10.3. The molecular formula is C49H46N4. The van der Waals surface area contributed by atoms with Gasteiger partial charge in [-0.15, -0.1) is 0 Å². The molecule has 0 amide bonds. The van der Waals surface area contributed by atoms with Crippen molar-refractivity contribution in [3.8, 4) is 0 Å². The van der Waals surface area contributed by atoms with E-state index in [2.05, 4.69) is 219 Å². The van der Waals surface area contributed by atoms with Crippen LogP contribution in [0.25, 0.3) is 32.3 Å². The first-order valence-electron chi connectivity index (χ1n) is 18.6. The molecule has 4 heteroatoms. The molecule has 0 fully saturated rings. The van der Waals surface area contributed by atoms with E-state index in [0.717, 1.165) is 47.0 Å². The van der Waals surface area contributed by atoms with Crippen LogP contribution >= 0.6 is 0 Å². The van der Waals surface area contributed by atoms with Gasteiger partial charge >= 0.3 is 0 Å². The van der Waals surface area contributed by atoms with Crippen molar-refractivity contribution >= 4 is 77.8 Å². The molecule has 0 aliphatic rings. The Morgan fingerprint density at radius 2 is 0.717 bits per heavy atom. The highest BCUT2D eigenvalue weighted by Crippen LogP contribution is 2.48. The molecule has 8 aromatic carbocycles. The summed E-state index contributed by atoms with van der Waals surface area (Å²) in [5.74, 6) is 0. The van der Waals surface area contributed by atoms with Crippen LogP contribution in [-0.2, 0) is 6.42 Å². The Morgan fingerprint density at radius 3 is 1.19 bits per heavy atom. The Balaban J connectivity index is 1.46. The smallest absolute Gasteiger partial charge is 0.0546 e. The highest BCUT2D eigenvalue weighted by atomic mass is 15.2. The van der Waals surface area contributed by atoms with Crippen LogP contribution in [0.5, 0.6) is 0 Å². The topological polar surface area (TPSA) is 13.0 Å². The molecule has 0 atom stereocenters. The Hall–Kier alpha value is -6.26. The maximum absolute atomic E-state index is 2.44. The molecule has 8 aromatic rings. The predicted octanol–water partition coefficient (Wildman–Crippen LogP) is 13.2. The maximum atomic E-state index is 2.44. The van der Waals surface area contributed by atoms with Crippen LogP contribution in [-0.4, -0.2) is 28.2 Å². The zero-order chi connectivity index (χ0) is 36.5. The molecule has 0 bridgehead atoms. The van der Waals surface area contributed by atoms with Gasteiger partial charge in [0.15, 0.2) is 0 Å². The third kappa shape index (κ3) is 6.42. The zero-order valence-electron chi connectivity index (χ0n) is 31.3. The summed E-state index contributed by atoms with van der Waals surface area (Å²) < 4.78 is 0. The fourth-order valence-electron chi connectivity index (χ4n) is 7.63. The van der Waals surface area contributed by atoms with Gasteiger partial charge in [0.25, 0.3) is 0 Å². The monoisotopic (exact) mass is 690 g/mol. The lowest BCUT2D eigenvalue weighted by molar-refractivity contribution is 0.924. The van der Waals surface area contributed by atoms with E-state index < -0.39 is 0 Å². The molecule has 0 heterocycles. The molecule has 53 heavy (non-hydrogen) atoms. The molecule has 0 aliphatic carbocycles. The van der Waals surface area contributed by atoms with Crippen molar-refractivity contribution in [1.29, 1.82) is 0 Å². The first-order chi connectivity index (χ1) is 25.9. The number of rotatable bonds is 10. The molecule has 0 N–H and O–H groups in total. The fourth-order valence-corrected chi connectivity index (χ4v) is 7.63. The first-order valence-corrected chi connectivity index (χ1v) is 18.6. The van der Waals surface area contributed by atoms with Crippen LogP contribution in [0.3, 0.4) is 0 Å². The predicted molar refractivity (Wildman–Crippen MR) is 231 cm³/mol. The van der Waals surface area contributed by atoms with Gasteiger partial charge in [0.2, 0.25) is 0 Å². The second-order valence-electron chi connectivity index (χ2n) is 14.2. The van der Waals surface area contributed by atoms with Gasteiger partial charge in [-0.25, -0.2) is 0 Å². The van der Waals surface area contributed by atoms with E-state index in [1.54, 1.807) is 0 Å². The first kappa shape index (κ1) is 33.9. The van der Waals surface area contributed by atoms with Gasteiger partial charge in [0.1, 0.15) is 0 Å². The standard InChI is InChI=1S/C49H46N4/c1-6-15-35-22-31-44-45(32-35)47-34-48(52(38-16-9-7-10-17-38)40-27-23-36(24-28-40)50(2)3)43-21-14-13-20-42(43)46(47)33-49(44)53(39-18-11-8-12-19-39)41-29-25-37(26-30-41)51(4)5/h7-14,16-34H,6,15H2,1-5H3. The molecule has 8 rings (SSSR count). The number of aryl methyl sites for hydroxylation is 1. The fraction of sp³-hybridized carbons (Fsp3) is 0.143. The van der Waals surface area contributed by atoms with Crippen molar-refractivity contribution in [2.75, 3.05) is 47.8 Å². The summed E-state index contributed by atoms with van der Waals surface area (Å²) >= 11 is 0. The number of fused-ring (bicyclic) bond motifs is 5. The number of anilines is 8. The van der Waals surface area contributed by atoms with Gasteiger partial charge in [-0.2, -0.15) is 0 Å². The average Bonchev–Trinajstić information content (AvgIpc) is 3.19. The largest absolute Gasteiger partial charge is 0.378 e. The third-order valence-electron chi connectivity index (χ3n) is 10.3. The highest BCUT2D eigenvalue weighted by Gasteiger charge is 2.22. The summed E-state index contributed by atoms with van der Waals surface area (Å²) in [6.45, 7) is 2.26. The van der Waals surface area contributed by atoms with Gasteiger partial charge in [0, 0.05) is 73.1 Å². The Bertz CT molecular complexity index is 2510. The van der Waals surface area contributed by atoms with Crippen molar-refractivity contribution in [3.05, 3.63) is 169 Å². The molecule has 4 nitrogen and oxygen atoms in total. The summed E-state index contributed by atoms with van der Waals surface area (Å²) in [6, 6.07) is 60.2. The minimum Gasteiger partial charge on any atom is -0.378 e. The number of hydrogen-bond donors (Lipinski definition) is 0. The molecular weight excluding hydrogens is 645 g/mol. The molecule has 0 unspecified atom stereocenters. The second-order valence-corrected chi connectivity index (χ2v) is 14.2. The molecule has 0 saturated carbocycles. The minimum atomic E-state index is 1.03.